The van der Waals surface area contributed by atoms with Crippen molar-refractivity contribution in [1.29, 1.82) is 0 Å². The highest BCUT2D eigenvalue weighted by Gasteiger charge is 2.31. The van der Waals surface area contributed by atoms with E-state index in [4.69, 9.17) is 15.9 Å². The number of carbonyl (C=O) groups is 2. The fourth-order valence-corrected chi connectivity index (χ4v) is 1.51. The summed E-state index contributed by atoms with van der Waals surface area (Å²) in [7, 11) is 0. The topological polar surface area (TPSA) is 52.6 Å². The fourth-order valence-electron chi connectivity index (χ4n) is 1.51. The second-order valence-electron chi connectivity index (χ2n) is 5.24. The first kappa shape index (κ1) is 19.0. The van der Waals surface area contributed by atoms with Gasteiger partial charge in [-0.1, -0.05) is 38.8 Å². The van der Waals surface area contributed by atoms with E-state index in [1.807, 2.05) is 6.92 Å². The van der Waals surface area contributed by atoms with Gasteiger partial charge in [-0.15, -0.1) is 6.42 Å². The maximum Gasteiger partial charge on any atom is 0.333 e. The first-order valence-corrected chi connectivity index (χ1v) is 6.91. The molecule has 116 valence electrons. The normalized spacial score (nSPS) is 10.4. The van der Waals surface area contributed by atoms with E-state index in [1.165, 1.54) is 0 Å². The van der Waals surface area contributed by atoms with E-state index in [0.717, 1.165) is 12.8 Å². The number of rotatable bonds is 9. The Bertz CT molecular complexity index is 424. The molecule has 0 saturated heterocycles. The lowest BCUT2D eigenvalue weighted by molar-refractivity contribution is -0.147. The largest absolute Gasteiger partial charge is 0.461 e. The monoisotopic (exact) mass is 292 g/mol. The van der Waals surface area contributed by atoms with Gasteiger partial charge in [0.2, 0.25) is 0 Å². The summed E-state index contributed by atoms with van der Waals surface area (Å²) >= 11 is 0. The molecule has 0 aliphatic rings. The number of carbonyl (C=O) groups excluding carboxylic acids is 2. The number of unbranched alkanes of at least 4 members (excludes halogenated alkanes) is 1. The highest BCUT2D eigenvalue weighted by Crippen LogP contribution is 2.26. The molecule has 0 heterocycles. The second kappa shape index (κ2) is 9.02. The van der Waals surface area contributed by atoms with Crippen molar-refractivity contribution in [2.24, 2.45) is 5.41 Å². The molecule has 0 fully saturated rings. The van der Waals surface area contributed by atoms with Gasteiger partial charge < -0.3 is 9.47 Å². The predicted octanol–water partition coefficient (Wildman–Crippen LogP) is 3.03. The summed E-state index contributed by atoms with van der Waals surface area (Å²) < 4.78 is 10.3. The number of hydrogen-bond acceptors (Lipinski definition) is 4. The molecule has 0 saturated carbocycles. The van der Waals surface area contributed by atoms with Crippen molar-refractivity contribution in [3.8, 4) is 12.3 Å². The third-order valence-corrected chi connectivity index (χ3v) is 2.97. The summed E-state index contributed by atoms with van der Waals surface area (Å²) in [5.74, 6) is 1.62. The zero-order chi connectivity index (χ0) is 16.5. The van der Waals surface area contributed by atoms with Crippen LogP contribution < -0.4 is 0 Å². The smallest absolute Gasteiger partial charge is 0.333 e. The van der Waals surface area contributed by atoms with Gasteiger partial charge in [0.15, 0.2) is 0 Å². The summed E-state index contributed by atoms with van der Waals surface area (Å²) in [5.41, 5.74) is -0.211. The molecule has 0 amide bonds. The molecule has 0 radical (unpaired) electrons. The van der Waals surface area contributed by atoms with Crippen LogP contribution in [0.3, 0.4) is 0 Å². The van der Waals surface area contributed by atoms with E-state index < -0.39 is 17.4 Å². The van der Waals surface area contributed by atoms with E-state index in [0.29, 0.717) is 17.6 Å². The van der Waals surface area contributed by atoms with Gasteiger partial charge in [0.25, 0.3) is 0 Å². The Morgan fingerprint density at radius 3 is 1.81 bits per heavy atom. The summed E-state index contributed by atoms with van der Waals surface area (Å²) in [4.78, 5) is 23.0. The van der Waals surface area contributed by atoms with Crippen LogP contribution in [0, 0.1) is 17.8 Å². The van der Waals surface area contributed by atoms with Crippen molar-refractivity contribution in [3.63, 3.8) is 0 Å². The highest BCUT2D eigenvalue weighted by molar-refractivity contribution is 5.87. The maximum atomic E-state index is 11.5. The third kappa shape index (κ3) is 6.80. The Kier molecular flexibility index (Phi) is 8.15. The molecule has 4 heteroatoms. The van der Waals surface area contributed by atoms with Crippen LogP contribution in [0.15, 0.2) is 24.3 Å². The molecule has 0 bridgehead atoms. The van der Waals surface area contributed by atoms with Crippen LogP contribution in [0.4, 0.5) is 0 Å². The molecule has 0 atom stereocenters. The SMILES string of the molecule is C#CC(CCCC)(COC(=O)C(=C)C)COC(=O)C(=C)C. The fraction of sp³-hybridized carbons (Fsp3) is 0.529. The van der Waals surface area contributed by atoms with Gasteiger partial charge in [-0.05, 0) is 20.3 Å². The van der Waals surface area contributed by atoms with Crippen molar-refractivity contribution >= 4 is 11.9 Å². The van der Waals surface area contributed by atoms with Crippen LogP contribution >= 0.6 is 0 Å². The molecular formula is C17H24O4. The molecule has 0 aromatic carbocycles. The lowest BCUT2D eigenvalue weighted by Gasteiger charge is -2.27. The van der Waals surface area contributed by atoms with E-state index in [2.05, 4.69) is 19.1 Å². The molecule has 4 nitrogen and oxygen atoms in total. The molecule has 0 spiro atoms. The lowest BCUT2D eigenvalue weighted by Crippen LogP contribution is -2.33. The van der Waals surface area contributed by atoms with Gasteiger partial charge in [0.05, 0.1) is 5.41 Å². The number of ether oxygens (including phenoxy) is 2. The average molecular weight is 292 g/mol. The minimum atomic E-state index is -0.813. The van der Waals surface area contributed by atoms with Gasteiger partial charge in [0.1, 0.15) is 13.2 Å². The van der Waals surface area contributed by atoms with E-state index in [-0.39, 0.29) is 13.2 Å². The summed E-state index contributed by atoms with van der Waals surface area (Å²) in [6.45, 7) is 12.2. The second-order valence-corrected chi connectivity index (χ2v) is 5.24. The lowest BCUT2D eigenvalue weighted by atomic mass is 9.85. The van der Waals surface area contributed by atoms with E-state index >= 15 is 0 Å². The minimum Gasteiger partial charge on any atom is -0.461 e. The Morgan fingerprint density at radius 2 is 1.52 bits per heavy atom. The van der Waals surface area contributed by atoms with Crippen molar-refractivity contribution in [2.45, 2.75) is 40.0 Å². The average Bonchev–Trinajstić information content (AvgIpc) is 2.46. The summed E-state index contributed by atoms with van der Waals surface area (Å²) in [6.07, 6.45) is 7.98. The third-order valence-electron chi connectivity index (χ3n) is 2.97. The van der Waals surface area contributed by atoms with Gasteiger partial charge in [0, 0.05) is 11.1 Å². The molecule has 21 heavy (non-hydrogen) atoms. The first-order valence-electron chi connectivity index (χ1n) is 6.91. The van der Waals surface area contributed by atoms with Crippen LogP contribution in [0.25, 0.3) is 0 Å². The number of terminal acetylenes is 1. The van der Waals surface area contributed by atoms with Crippen LogP contribution in [-0.4, -0.2) is 25.2 Å². The van der Waals surface area contributed by atoms with Gasteiger partial charge in [-0.2, -0.15) is 0 Å². The molecular weight excluding hydrogens is 268 g/mol. The zero-order valence-electron chi connectivity index (χ0n) is 13.2. The Balaban J connectivity index is 4.86. The van der Waals surface area contributed by atoms with E-state index in [9.17, 15) is 9.59 Å². The predicted molar refractivity (Wildman–Crippen MR) is 82.3 cm³/mol. The van der Waals surface area contributed by atoms with E-state index in [1.54, 1.807) is 13.8 Å². The maximum absolute atomic E-state index is 11.5. The van der Waals surface area contributed by atoms with Gasteiger partial charge in [-0.3, -0.25) is 0 Å². The molecule has 0 aliphatic heterocycles. The quantitative estimate of drug-likeness (QED) is 0.372. The molecule has 0 N–H and O–H groups in total. The minimum absolute atomic E-state index is 0.00133. The van der Waals surface area contributed by atoms with Crippen molar-refractivity contribution in [1.82, 2.24) is 0 Å². The number of hydrogen-bond donors (Lipinski definition) is 0. The Hall–Kier alpha value is -2.02. The number of esters is 2. The van der Waals surface area contributed by atoms with Crippen LogP contribution in [0.1, 0.15) is 40.0 Å². The van der Waals surface area contributed by atoms with Crippen LogP contribution in [-0.2, 0) is 19.1 Å². The van der Waals surface area contributed by atoms with Gasteiger partial charge >= 0.3 is 11.9 Å². The molecule has 0 rings (SSSR count). The van der Waals surface area contributed by atoms with Gasteiger partial charge in [-0.25, -0.2) is 9.59 Å². The zero-order valence-corrected chi connectivity index (χ0v) is 13.2. The van der Waals surface area contributed by atoms with Crippen molar-refractivity contribution < 1.29 is 19.1 Å². The molecule has 0 unspecified atom stereocenters. The van der Waals surface area contributed by atoms with Crippen LogP contribution in [0.5, 0.6) is 0 Å². The Labute approximate surface area is 127 Å². The molecule has 0 aromatic rings. The standard InChI is InChI=1S/C17H24O4/c1-7-9-10-17(8-2,11-20-15(18)13(3)4)12-21-16(19)14(5)6/h2H,3,5,7,9-12H2,1,4,6H3. The highest BCUT2D eigenvalue weighted by atomic mass is 16.5. The first-order chi connectivity index (χ1) is 9.78. The summed E-state index contributed by atoms with van der Waals surface area (Å²) in [6, 6.07) is 0. The van der Waals surface area contributed by atoms with Crippen molar-refractivity contribution in [2.75, 3.05) is 13.2 Å². The summed E-state index contributed by atoms with van der Waals surface area (Å²) in [5, 5.41) is 0. The Morgan fingerprint density at radius 1 is 1.10 bits per heavy atom. The van der Waals surface area contributed by atoms with Crippen LogP contribution in [0.2, 0.25) is 0 Å². The molecule has 0 aromatic heterocycles. The molecule has 0 aliphatic carbocycles. The van der Waals surface area contributed by atoms with Crippen molar-refractivity contribution in [3.05, 3.63) is 24.3 Å².